The van der Waals surface area contributed by atoms with Crippen LogP contribution in [0.1, 0.15) is 29.6 Å². The molecule has 0 aliphatic carbocycles. The second-order valence-electron chi connectivity index (χ2n) is 3.15. The summed E-state index contributed by atoms with van der Waals surface area (Å²) in [6.07, 6.45) is 0.788. The minimum absolute atomic E-state index is 0.0108. The third-order valence-corrected chi connectivity index (χ3v) is 2.06. The van der Waals surface area contributed by atoms with Crippen molar-refractivity contribution in [3.8, 4) is 0 Å². The molecule has 0 amide bonds. The number of aromatic nitrogens is 1. The predicted octanol–water partition coefficient (Wildman–Crippen LogP) is 0.233. The minimum atomic E-state index is -1.11. The van der Waals surface area contributed by atoms with E-state index < -0.39 is 5.97 Å². The van der Waals surface area contributed by atoms with Crippen molar-refractivity contribution in [1.82, 2.24) is 10.5 Å². The summed E-state index contributed by atoms with van der Waals surface area (Å²) in [4.78, 5) is 10.5. The van der Waals surface area contributed by atoms with Crippen LogP contribution in [0.25, 0.3) is 0 Å². The molecule has 0 saturated heterocycles. The summed E-state index contributed by atoms with van der Waals surface area (Å²) in [5.74, 6) is -0.668. The molecule has 1 unspecified atom stereocenters. The topological polar surface area (TPSA) is 95.6 Å². The van der Waals surface area contributed by atoms with E-state index in [-0.39, 0.29) is 18.3 Å². The zero-order valence-electron chi connectivity index (χ0n) is 8.43. The van der Waals surface area contributed by atoms with Crippen LogP contribution in [0.5, 0.6) is 0 Å². The van der Waals surface area contributed by atoms with Crippen LogP contribution >= 0.6 is 0 Å². The highest BCUT2D eigenvalue weighted by atomic mass is 16.5. The first kappa shape index (κ1) is 11.7. The van der Waals surface area contributed by atoms with Gasteiger partial charge in [0, 0.05) is 12.1 Å². The van der Waals surface area contributed by atoms with E-state index in [1.54, 1.807) is 0 Å². The van der Waals surface area contributed by atoms with Gasteiger partial charge in [-0.3, -0.25) is 0 Å². The fourth-order valence-electron chi connectivity index (χ4n) is 1.08. The Balaban J connectivity index is 2.47. The lowest BCUT2D eigenvalue weighted by Gasteiger charge is -2.11. The monoisotopic (exact) mass is 214 g/mol. The zero-order chi connectivity index (χ0) is 11.3. The fraction of sp³-hybridized carbons (Fsp3) is 0.556. The highest BCUT2D eigenvalue weighted by Gasteiger charge is 2.11. The summed E-state index contributed by atoms with van der Waals surface area (Å²) in [6, 6.07) is 1.35. The number of aliphatic hydroxyl groups is 1. The maximum absolute atomic E-state index is 10.5. The first-order valence-corrected chi connectivity index (χ1v) is 4.70. The van der Waals surface area contributed by atoms with Crippen LogP contribution < -0.4 is 5.32 Å². The predicted molar refractivity (Wildman–Crippen MR) is 51.5 cm³/mol. The molecular weight excluding hydrogens is 200 g/mol. The quantitative estimate of drug-likeness (QED) is 0.627. The van der Waals surface area contributed by atoms with Gasteiger partial charge in [-0.2, -0.15) is 0 Å². The molecule has 1 atom stereocenters. The summed E-state index contributed by atoms with van der Waals surface area (Å²) < 4.78 is 4.79. The van der Waals surface area contributed by atoms with E-state index >= 15 is 0 Å². The van der Waals surface area contributed by atoms with Crippen molar-refractivity contribution in [3.05, 3.63) is 17.5 Å². The molecule has 0 spiro atoms. The Morgan fingerprint density at radius 2 is 2.47 bits per heavy atom. The average molecular weight is 214 g/mol. The van der Waals surface area contributed by atoms with E-state index in [0.29, 0.717) is 12.3 Å². The Morgan fingerprint density at radius 1 is 1.73 bits per heavy atom. The van der Waals surface area contributed by atoms with E-state index in [4.69, 9.17) is 14.7 Å². The molecule has 0 saturated carbocycles. The van der Waals surface area contributed by atoms with Crippen molar-refractivity contribution >= 4 is 5.97 Å². The van der Waals surface area contributed by atoms with E-state index in [2.05, 4.69) is 10.5 Å². The van der Waals surface area contributed by atoms with E-state index in [0.717, 1.165) is 6.42 Å². The molecule has 1 aromatic rings. The van der Waals surface area contributed by atoms with Gasteiger partial charge < -0.3 is 20.1 Å². The summed E-state index contributed by atoms with van der Waals surface area (Å²) in [6.45, 7) is 2.34. The van der Waals surface area contributed by atoms with Gasteiger partial charge in [-0.25, -0.2) is 4.79 Å². The largest absolute Gasteiger partial charge is 0.476 e. The van der Waals surface area contributed by atoms with Gasteiger partial charge in [0.1, 0.15) is 0 Å². The number of rotatable bonds is 6. The molecule has 0 fully saturated rings. The molecule has 1 rings (SSSR count). The standard InChI is InChI=1S/C9H14N2O4/c1-2-6(5-12)10-4-7-3-8(9(13)14)11-15-7/h3,6,10,12H,2,4-5H2,1H3,(H,13,14). The zero-order valence-corrected chi connectivity index (χ0v) is 8.43. The highest BCUT2D eigenvalue weighted by Crippen LogP contribution is 2.03. The summed E-state index contributed by atoms with van der Waals surface area (Å²) in [5.41, 5.74) is -0.108. The lowest BCUT2D eigenvalue weighted by atomic mass is 10.2. The number of carboxylic acids is 1. The number of aromatic carboxylic acids is 1. The summed E-state index contributed by atoms with van der Waals surface area (Å²) in [5, 5.41) is 23.9. The smallest absolute Gasteiger partial charge is 0.358 e. The molecule has 0 bridgehead atoms. The van der Waals surface area contributed by atoms with Crippen LogP contribution in [-0.4, -0.2) is 34.0 Å². The molecule has 1 aromatic heterocycles. The molecule has 3 N–H and O–H groups in total. The van der Waals surface area contributed by atoms with Gasteiger partial charge in [0.15, 0.2) is 11.5 Å². The van der Waals surface area contributed by atoms with Gasteiger partial charge in [0.25, 0.3) is 0 Å². The van der Waals surface area contributed by atoms with E-state index in [9.17, 15) is 4.79 Å². The number of carbonyl (C=O) groups is 1. The second-order valence-corrected chi connectivity index (χ2v) is 3.15. The maximum atomic E-state index is 10.5. The fourth-order valence-corrected chi connectivity index (χ4v) is 1.08. The molecule has 84 valence electrons. The summed E-state index contributed by atoms with van der Waals surface area (Å²) >= 11 is 0. The number of aliphatic hydroxyl groups excluding tert-OH is 1. The molecule has 6 nitrogen and oxygen atoms in total. The Labute approximate surface area is 86.9 Å². The summed E-state index contributed by atoms with van der Waals surface area (Å²) in [7, 11) is 0. The van der Waals surface area contributed by atoms with Crippen LogP contribution in [0.3, 0.4) is 0 Å². The third-order valence-electron chi connectivity index (χ3n) is 2.06. The van der Waals surface area contributed by atoms with Crippen LogP contribution in [-0.2, 0) is 6.54 Å². The van der Waals surface area contributed by atoms with Crippen LogP contribution in [0, 0.1) is 0 Å². The Morgan fingerprint density at radius 3 is 2.93 bits per heavy atom. The van der Waals surface area contributed by atoms with Crippen molar-refractivity contribution in [1.29, 1.82) is 0 Å². The Bertz CT molecular complexity index is 320. The molecule has 15 heavy (non-hydrogen) atoms. The van der Waals surface area contributed by atoms with Crippen LogP contribution in [0.2, 0.25) is 0 Å². The minimum Gasteiger partial charge on any atom is -0.476 e. The van der Waals surface area contributed by atoms with Crippen molar-refractivity contribution in [2.45, 2.75) is 25.9 Å². The molecule has 0 aliphatic rings. The van der Waals surface area contributed by atoms with Gasteiger partial charge >= 0.3 is 5.97 Å². The lowest BCUT2D eigenvalue weighted by Crippen LogP contribution is -2.30. The Kier molecular flexibility index (Phi) is 4.26. The van der Waals surface area contributed by atoms with Crippen molar-refractivity contribution in [2.75, 3.05) is 6.61 Å². The van der Waals surface area contributed by atoms with Gasteiger partial charge in [-0.1, -0.05) is 12.1 Å². The number of carboxylic acid groups (broad SMARTS) is 1. The van der Waals surface area contributed by atoms with Crippen molar-refractivity contribution in [2.24, 2.45) is 0 Å². The average Bonchev–Trinajstić information content (AvgIpc) is 2.68. The van der Waals surface area contributed by atoms with Crippen LogP contribution in [0.4, 0.5) is 0 Å². The highest BCUT2D eigenvalue weighted by molar-refractivity contribution is 5.85. The molecular formula is C9H14N2O4. The van der Waals surface area contributed by atoms with E-state index in [1.165, 1.54) is 6.07 Å². The van der Waals surface area contributed by atoms with Gasteiger partial charge in [0.2, 0.25) is 0 Å². The van der Waals surface area contributed by atoms with Gasteiger partial charge in [-0.05, 0) is 6.42 Å². The second kappa shape index (κ2) is 5.47. The maximum Gasteiger partial charge on any atom is 0.358 e. The first-order chi connectivity index (χ1) is 7.17. The Hall–Kier alpha value is -1.40. The SMILES string of the molecule is CCC(CO)NCc1cc(C(=O)O)no1. The normalized spacial score (nSPS) is 12.7. The van der Waals surface area contributed by atoms with E-state index in [1.807, 2.05) is 6.92 Å². The van der Waals surface area contributed by atoms with Gasteiger partial charge in [-0.15, -0.1) is 0 Å². The van der Waals surface area contributed by atoms with Crippen molar-refractivity contribution in [3.63, 3.8) is 0 Å². The first-order valence-electron chi connectivity index (χ1n) is 4.70. The van der Waals surface area contributed by atoms with Gasteiger partial charge in [0.05, 0.1) is 13.2 Å². The molecule has 0 radical (unpaired) electrons. The van der Waals surface area contributed by atoms with Crippen LogP contribution in [0.15, 0.2) is 10.6 Å². The lowest BCUT2D eigenvalue weighted by molar-refractivity contribution is 0.0685. The molecule has 6 heteroatoms. The number of nitrogens with zero attached hydrogens (tertiary/aromatic N) is 1. The number of hydrogen-bond donors (Lipinski definition) is 3. The number of hydrogen-bond acceptors (Lipinski definition) is 5. The third kappa shape index (κ3) is 3.34. The number of nitrogens with one attached hydrogen (secondary N) is 1. The molecule has 1 heterocycles. The molecule has 0 aromatic carbocycles. The molecule has 0 aliphatic heterocycles. The van der Waals surface area contributed by atoms with Crippen molar-refractivity contribution < 1.29 is 19.5 Å².